The smallest absolute Gasteiger partial charge is 0.314 e. The van der Waals surface area contributed by atoms with E-state index in [2.05, 4.69) is 37.4 Å². The first-order valence-electron chi connectivity index (χ1n) is 9.93. The molecule has 0 saturated heterocycles. The van der Waals surface area contributed by atoms with E-state index < -0.39 is 11.8 Å². The van der Waals surface area contributed by atoms with E-state index in [0.29, 0.717) is 28.1 Å². The summed E-state index contributed by atoms with van der Waals surface area (Å²) in [7, 11) is 0. The number of hydrogen-bond acceptors (Lipinski definition) is 6. The molecule has 0 saturated carbocycles. The summed E-state index contributed by atoms with van der Waals surface area (Å²) in [5, 5.41) is 7.61. The molecule has 33 heavy (non-hydrogen) atoms. The lowest BCUT2D eigenvalue weighted by Crippen LogP contribution is -2.39. The normalized spacial score (nSPS) is 11.2. The van der Waals surface area contributed by atoms with E-state index in [-0.39, 0.29) is 19.5 Å². The maximum atomic E-state index is 13.3. The van der Waals surface area contributed by atoms with Gasteiger partial charge in [0.15, 0.2) is 0 Å². The number of carbonyl (C=O) groups excluding carboxylic acids is 2. The lowest BCUT2D eigenvalue weighted by atomic mass is 10.1. The van der Waals surface area contributed by atoms with Crippen LogP contribution in [0.3, 0.4) is 0 Å². The molecule has 0 aliphatic carbocycles. The fourth-order valence-corrected chi connectivity index (χ4v) is 4.97. The van der Waals surface area contributed by atoms with Gasteiger partial charge in [-0.1, -0.05) is 42.5 Å². The molecule has 2 aromatic heterocycles. The lowest BCUT2D eigenvalue weighted by molar-refractivity contribution is -0.144. The van der Waals surface area contributed by atoms with Crippen molar-refractivity contribution in [1.29, 1.82) is 0 Å². The van der Waals surface area contributed by atoms with Gasteiger partial charge in [0.2, 0.25) is 0 Å². The number of pyridine rings is 1. The van der Waals surface area contributed by atoms with Gasteiger partial charge in [-0.15, -0.1) is 0 Å². The lowest BCUT2D eigenvalue weighted by Gasteiger charge is -2.23. The number of amides is 2. The van der Waals surface area contributed by atoms with Crippen LogP contribution in [0.4, 0.5) is 17.2 Å². The molecule has 5 N–H and O–H groups in total. The van der Waals surface area contributed by atoms with Crippen molar-refractivity contribution in [1.82, 2.24) is 19.4 Å². The van der Waals surface area contributed by atoms with Gasteiger partial charge in [0.25, 0.3) is 0 Å². The number of hydrogen-bond donors (Lipinski definition) is 3. The first-order valence-corrected chi connectivity index (χ1v) is 14.0. The van der Waals surface area contributed by atoms with Gasteiger partial charge in [0.05, 0.1) is 29.8 Å². The number of fused-ring (bicyclic) bond motifs is 1. The number of nitrogens with zero attached hydrogens (tertiary/aromatic N) is 4. The van der Waals surface area contributed by atoms with Gasteiger partial charge in [0.1, 0.15) is 11.3 Å². The number of halogens is 1. The van der Waals surface area contributed by atoms with Crippen LogP contribution >= 0.6 is 28.4 Å². The highest BCUT2D eigenvalue weighted by Crippen LogP contribution is 2.34. The molecule has 11 heteroatoms. The van der Waals surface area contributed by atoms with Crippen molar-refractivity contribution in [3.05, 3.63) is 78.1 Å². The van der Waals surface area contributed by atoms with E-state index in [1.165, 1.54) is 11.1 Å². The summed E-state index contributed by atoms with van der Waals surface area (Å²) in [6.07, 6.45) is 3.32. The highest BCUT2D eigenvalue weighted by Gasteiger charge is 2.24. The number of benzene rings is 2. The fourth-order valence-electron chi connectivity index (χ4n) is 3.45. The molecular formula is C22H21IN7O2P. The van der Waals surface area contributed by atoms with Crippen molar-refractivity contribution in [3.8, 4) is 0 Å². The zero-order chi connectivity index (χ0) is 23.4. The summed E-state index contributed by atoms with van der Waals surface area (Å²) in [6.45, 7) is 0.499. The van der Waals surface area contributed by atoms with Gasteiger partial charge in [-0.25, -0.2) is 9.44 Å². The van der Waals surface area contributed by atoms with E-state index in [1.54, 1.807) is 22.8 Å². The average molecular weight is 573 g/mol. The highest BCUT2D eigenvalue weighted by molar-refractivity contribution is 14.2. The molecule has 1 unspecified atom stereocenters. The van der Waals surface area contributed by atoms with Crippen LogP contribution in [-0.2, 0) is 22.7 Å². The molecule has 0 bridgehead atoms. The molecule has 4 rings (SSSR count). The minimum absolute atomic E-state index is 0.231. The number of rotatable bonds is 6. The van der Waals surface area contributed by atoms with Crippen molar-refractivity contribution in [2.45, 2.75) is 13.1 Å². The van der Waals surface area contributed by atoms with Crippen LogP contribution in [0.25, 0.3) is 10.9 Å². The van der Waals surface area contributed by atoms with Crippen molar-refractivity contribution in [2.75, 3.05) is 16.8 Å². The molecule has 0 spiro atoms. The summed E-state index contributed by atoms with van der Waals surface area (Å²) < 4.78 is 1.71. The topological polar surface area (TPSA) is 132 Å². The molecule has 1 atom stereocenters. The summed E-state index contributed by atoms with van der Waals surface area (Å²) in [5.74, 6) is -1.14. The van der Waals surface area contributed by atoms with Crippen LogP contribution in [0, 0.1) is 0 Å². The largest absolute Gasteiger partial charge is 0.399 e. The summed E-state index contributed by atoms with van der Waals surface area (Å²) in [5.41, 5.74) is 15.2. The quantitative estimate of drug-likeness (QED) is 0.140. The molecule has 2 heterocycles. The Hall–Kier alpha value is -3.24. The number of carbonyl (C=O) groups is 2. The second-order valence-corrected chi connectivity index (χ2v) is 9.35. The number of anilines is 3. The third-order valence-electron chi connectivity index (χ3n) is 4.98. The van der Waals surface area contributed by atoms with Crippen molar-refractivity contribution in [3.63, 3.8) is 0 Å². The number of nitrogen functional groups attached to an aromatic ring is 2. The van der Waals surface area contributed by atoms with Crippen LogP contribution in [0.2, 0.25) is 0 Å². The van der Waals surface area contributed by atoms with E-state index in [4.69, 9.17) is 11.5 Å². The first-order chi connectivity index (χ1) is 16.0. The Morgan fingerprint density at radius 2 is 1.76 bits per heavy atom. The van der Waals surface area contributed by atoms with Gasteiger partial charge in [-0.2, -0.15) is 5.10 Å². The Balaban J connectivity index is 1.61. The minimum atomic E-state index is -0.771. The molecule has 0 fully saturated rings. The SMILES string of the molecule is Nc1cccc(CN(Cc2ccccc2)C(=O)C(=O)Nc2cnc(N)c3cnn(PI)c23)c1. The van der Waals surface area contributed by atoms with Crippen molar-refractivity contribution < 1.29 is 9.59 Å². The average Bonchev–Trinajstić information content (AvgIpc) is 3.26. The predicted octanol–water partition coefficient (Wildman–Crippen LogP) is 3.55. The summed E-state index contributed by atoms with van der Waals surface area (Å²) in [6, 6.07) is 16.7. The predicted molar refractivity (Wildman–Crippen MR) is 140 cm³/mol. The van der Waals surface area contributed by atoms with Crippen LogP contribution in [0.5, 0.6) is 0 Å². The van der Waals surface area contributed by atoms with E-state index in [0.717, 1.165) is 11.1 Å². The maximum absolute atomic E-state index is 13.3. The Kier molecular flexibility index (Phi) is 7.05. The second-order valence-electron chi connectivity index (χ2n) is 7.31. The first kappa shape index (κ1) is 22.9. The molecule has 0 aliphatic heterocycles. The summed E-state index contributed by atoms with van der Waals surface area (Å²) >= 11 is 2.18. The van der Waals surface area contributed by atoms with Gasteiger partial charge >= 0.3 is 11.8 Å². The van der Waals surface area contributed by atoms with Crippen molar-refractivity contribution >= 4 is 68.3 Å². The van der Waals surface area contributed by atoms with Crippen LogP contribution < -0.4 is 16.8 Å². The molecule has 2 amide bonds. The second kappa shape index (κ2) is 10.1. The molecular weight excluding hydrogens is 552 g/mol. The van der Waals surface area contributed by atoms with E-state index >= 15 is 0 Å². The Morgan fingerprint density at radius 3 is 2.48 bits per heavy atom. The molecule has 2 aromatic carbocycles. The monoisotopic (exact) mass is 573 g/mol. The minimum Gasteiger partial charge on any atom is -0.399 e. The Morgan fingerprint density at radius 1 is 1.03 bits per heavy atom. The Labute approximate surface area is 204 Å². The maximum Gasteiger partial charge on any atom is 0.314 e. The van der Waals surface area contributed by atoms with Gasteiger partial charge in [-0.3, -0.25) is 9.59 Å². The zero-order valence-corrected chi connectivity index (χ0v) is 20.6. The number of aromatic nitrogens is 3. The standard InChI is InChI=1S/C22H21IN7O2P/c23-33-30-19-17(10-27-30)20(25)26-11-18(19)28-21(31)22(32)29(12-14-5-2-1-3-6-14)13-15-7-4-8-16(24)9-15/h1-11,33H,12-13,24H2,(H2,25,26)(H,28,31). The summed E-state index contributed by atoms with van der Waals surface area (Å²) in [4.78, 5) is 31.9. The van der Waals surface area contributed by atoms with Crippen LogP contribution in [-0.4, -0.2) is 31.2 Å². The molecule has 0 radical (unpaired) electrons. The zero-order valence-electron chi connectivity index (χ0n) is 17.4. The van der Waals surface area contributed by atoms with E-state index in [9.17, 15) is 9.59 Å². The fraction of sp³-hybridized carbons (Fsp3) is 0.0909. The van der Waals surface area contributed by atoms with E-state index in [1.807, 2.05) is 42.5 Å². The Bertz CT molecular complexity index is 1310. The molecule has 168 valence electrons. The number of nitrogens with one attached hydrogen (secondary N) is 1. The van der Waals surface area contributed by atoms with Gasteiger partial charge < -0.3 is 21.7 Å². The highest BCUT2D eigenvalue weighted by atomic mass is 127. The van der Waals surface area contributed by atoms with Gasteiger partial charge in [0, 0.05) is 18.8 Å². The molecule has 0 aliphatic rings. The third kappa shape index (κ3) is 5.23. The van der Waals surface area contributed by atoms with Crippen LogP contribution in [0.1, 0.15) is 11.1 Å². The molecule has 9 nitrogen and oxygen atoms in total. The molecule has 4 aromatic rings. The van der Waals surface area contributed by atoms with Crippen LogP contribution in [0.15, 0.2) is 67.0 Å². The van der Waals surface area contributed by atoms with Gasteiger partial charge in [-0.05, 0) is 45.3 Å². The number of nitrogens with two attached hydrogens (primary N) is 2. The third-order valence-corrected chi connectivity index (χ3v) is 6.85. The van der Waals surface area contributed by atoms with Crippen molar-refractivity contribution in [2.24, 2.45) is 0 Å².